The molecule has 0 atom stereocenters. The third-order valence-electron chi connectivity index (χ3n) is 2.60. The summed E-state index contributed by atoms with van der Waals surface area (Å²) in [5, 5.41) is 3.86. The Morgan fingerprint density at radius 1 is 1.13 bits per heavy atom. The molecule has 23 heavy (non-hydrogen) atoms. The van der Waals surface area contributed by atoms with Crippen LogP contribution in [0.1, 0.15) is 10.4 Å². The second-order valence-corrected chi connectivity index (χ2v) is 5.06. The van der Waals surface area contributed by atoms with Gasteiger partial charge < -0.3 is 20.1 Å². The lowest BCUT2D eigenvalue weighted by Gasteiger charge is -2.12. The Kier molecular flexibility index (Phi) is 6.67. The summed E-state index contributed by atoms with van der Waals surface area (Å²) in [6.07, 6.45) is -4.51. The van der Waals surface area contributed by atoms with E-state index in [0.717, 1.165) is 0 Å². The second kappa shape index (κ2) is 8.04. The minimum Gasteiger partial charge on any atom is -0.495 e. The van der Waals surface area contributed by atoms with E-state index in [4.69, 9.17) is 9.47 Å². The first kappa shape index (κ1) is 19.1. The zero-order valence-electron chi connectivity index (χ0n) is 12.2. The maximum atomic E-state index is 12.0. The quantitative estimate of drug-likeness (QED) is 0.766. The molecule has 6 nitrogen and oxygen atoms in total. The summed E-state index contributed by atoms with van der Waals surface area (Å²) in [4.78, 5) is 23.2. The van der Waals surface area contributed by atoms with Crippen LogP contribution in [0.15, 0.2) is 16.6 Å². The number of carbonyl (C=O) groups is 2. The molecule has 128 valence electrons. The molecular weight excluding hydrogens is 385 g/mol. The van der Waals surface area contributed by atoms with E-state index in [1.165, 1.54) is 26.4 Å². The Balaban J connectivity index is 2.70. The topological polar surface area (TPSA) is 76.7 Å². The van der Waals surface area contributed by atoms with Crippen LogP contribution in [-0.2, 0) is 4.79 Å². The van der Waals surface area contributed by atoms with Gasteiger partial charge in [-0.2, -0.15) is 13.2 Å². The van der Waals surface area contributed by atoms with Crippen molar-refractivity contribution >= 4 is 27.7 Å². The molecule has 0 aliphatic rings. The van der Waals surface area contributed by atoms with Gasteiger partial charge in [-0.3, -0.25) is 9.59 Å². The number of nitrogens with one attached hydrogen (secondary N) is 2. The molecule has 0 aromatic heterocycles. The number of rotatable bonds is 6. The van der Waals surface area contributed by atoms with Crippen molar-refractivity contribution in [2.45, 2.75) is 6.18 Å². The lowest BCUT2D eigenvalue weighted by molar-refractivity contribution is -0.137. The molecule has 0 bridgehead atoms. The third-order valence-corrected chi connectivity index (χ3v) is 3.38. The van der Waals surface area contributed by atoms with Crippen LogP contribution in [0.4, 0.5) is 13.2 Å². The zero-order chi connectivity index (χ0) is 17.6. The number of carbonyl (C=O) groups excluding carboxylic acids is 2. The lowest BCUT2D eigenvalue weighted by Crippen LogP contribution is -2.40. The number of ether oxygens (including phenoxy) is 2. The molecule has 2 N–H and O–H groups in total. The van der Waals surface area contributed by atoms with Gasteiger partial charge >= 0.3 is 6.18 Å². The number of amides is 2. The maximum absolute atomic E-state index is 12.0. The standard InChI is InChI=1S/C13H14BrF3N2O4/c1-22-8-3-7(4-9(23-2)11(8)14)12(21)18-5-10(20)19-6-13(15,16)17/h3-4H,5-6H2,1-2H3,(H,18,21)(H,19,20). The number of halogens is 4. The van der Waals surface area contributed by atoms with E-state index >= 15 is 0 Å². The molecule has 0 saturated heterocycles. The fourth-order valence-electron chi connectivity index (χ4n) is 1.52. The van der Waals surface area contributed by atoms with Gasteiger partial charge in [-0.05, 0) is 28.1 Å². The molecule has 0 fully saturated rings. The van der Waals surface area contributed by atoms with E-state index in [1.807, 2.05) is 0 Å². The molecule has 0 radical (unpaired) electrons. The first-order valence-electron chi connectivity index (χ1n) is 6.21. The number of benzene rings is 1. The van der Waals surface area contributed by atoms with Gasteiger partial charge in [-0.1, -0.05) is 0 Å². The number of hydrogen-bond acceptors (Lipinski definition) is 4. The largest absolute Gasteiger partial charge is 0.495 e. The van der Waals surface area contributed by atoms with Gasteiger partial charge in [0.05, 0.1) is 20.8 Å². The molecule has 0 aliphatic carbocycles. The molecule has 0 aliphatic heterocycles. The summed E-state index contributed by atoms with van der Waals surface area (Å²) in [5.74, 6) is -0.949. The van der Waals surface area contributed by atoms with Crippen molar-refractivity contribution in [3.8, 4) is 11.5 Å². The van der Waals surface area contributed by atoms with Crippen LogP contribution in [-0.4, -0.2) is 45.3 Å². The average molecular weight is 399 g/mol. The predicted molar refractivity (Wildman–Crippen MR) is 78.6 cm³/mol. The maximum Gasteiger partial charge on any atom is 0.405 e. The first-order valence-corrected chi connectivity index (χ1v) is 7.00. The molecule has 0 spiro atoms. The van der Waals surface area contributed by atoms with Crippen molar-refractivity contribution < 1.29 is 32.2 Å². The Morgan fingerprint density at radius 2 is 1.65 bits per heavy atom. The van der Waals surface area contributed by atoms with Gasteiger partial charge in [0, 0.05) is 5.56 Å². The molecule has 1 rings (SSSR count). The van der Waals surface area contributed by atoms with Crippen molar-refractivity contribution in [2.75, 3.05) is 27.3 Å². The van der Waals surface area contributed by atoms with Crippen molar-refractivity contribution in [3.63, 3.8) is 0 Å². The summed E-state index contributed by atoms with van der Waals surface area (Å²) in [6.45, 7) is -2.04. The van der Waals surface area contributed by atoms with Crippen molar-refractivity contribution in [2.24, 2.45) is 0 Å². The Hall–Kier alpha value is -1.97. The highest BCUT2D eigenvalue weighted by molar-refractivity contribution is 9.10. The van der Waals surface area contributed by atoms with E-state index in [2.05, 4.69) is 21.2 Å². The zero-order valence-corrected chi connectivity index (χ0v) is 13.8. The number of alkyl halides is 3. The van der Waals surface area contributed by atoms with Crippen molar-refractivity contribution in [1.82, 2.24) is 10.6 Å². The highest BCUT2D eigenvalue weighted by Gasteiger charge is 2.27. The molecule has 2 amide bonds. The molecule has 0 heterocycles. The lowest BCUT2D eigenvalue weighted by atomic mass is 10.2. The van der Waals surface area contributed by atoms with Crippen LogP contribution in [0.25, 0.3) is 0 Å². The van der Waals surface area contributed by atoms with Crippen LogP contribution in [0, 0.1) is 0 Å². The highest BCUT2D eigenvalue weighted by Crippen LogP contribution is 2.35. The third kappa shape index (κ3) is 5.97. The summed E-state index contributed by atoms with van der Waals surface area (Å²) in [6, 6.07) is 2.80. The number of methoxy groups -OCH3 is 2. The van der Waals surface area contributed by atoms with Crippen LogP contribution < -0.4 is 20.1 Å². The Labute approximate surface area is 138 Å². The Bertz CT molecular complexity index is 568. The van der Waals surface area contributed by atoms with E-state index in [-0.39, 0.29) is 5.56 Å². The molecular formula is C13H14BrF3N2O4. The van der Waals surface area contributed by atoms with E-state index in [1.54, 1.807) is 5.32 Å². The fraction of sp³-hybridized carbons (Fsp3) is 0.385. The molecule has 1 aromatic rings. The minimum absolute atomic E-state index is 0.130. The van der Waals surface area contributed by atoms with Gasteiger partial charge in [-0.15, -0.1) is 0 Å². The van der Waals surface area contributed by atoms with Crippen molar-refractivity contribution in [3.05, 3.63) is 22.2 Å². The van der Waals surface area contributed by atoms with E-state index < -0.39 is 31.1 Å². The summed E-state index contributed by atoms with van der Waals surface area (Å²) in [7, 11) is 2.79. The van der Waals surface area contributed by atoms with Gasteiger partial charge in [-0.25, -0.2) is 0 Å². The van der Waals surface area contributed by atoms with Crippen LogP contribution in [0.2, 0.25) is 0 Å². The molecule has 0 unspecified atom stereocenters. The Morgan fingerprint density at radius 3 is 2.09 bits per heavy atom. The molecule has 0 saturated carbocycles. The first-order chi connectivity index (χ1) is 10.7. The van der Waals surface area contributed by atoms with Crippen molar-refractivity contribution in [1.29, 1.82) is 0 Å². The van der Waals surface area contributed by atoms with Gasteiger partial charge in [0.2, 0.25) is 5.91 Å². The fourth-order valence-corrected chi connectivity index (χ4v) is 2.08. The minimum atomic E-state index is -4.51. The summed E-state index contributed by atoms with van der Waals surface area (Å²) in [5.41, 5.74) is 0.130. The van der Waals surface area contributed by atoms with Crippen LogP contribution >= 0.6 is 15.9 Å². The van der Waals surface area contributed by atoms with Gasteiger partial charge in [0.1, 0.15) is 22.5 Å². The SMILES string of the molecule is COc1cc(C(=O)NCC(=O)NCC(F)(F)F)cc(OC)c1Br. The van der Waals surface area contributed by atoms with E-state index in [9.17, 15) is 22.8 Å². The second-order valence-electron chi connectivity index (χ2n) is 4.27. The van der Waals surface area contributed by atoms with Gasteiger partial charge in [0.15, 0.2) is 0 Å². The smallest absolute Gasteiger partial charge is 0.405 e. The predicted octanol–water partition coefficient (Wildman–Crippen LogP) is 1.87. The monoisotopic (exact) mass is 398 g/mol. The average Bonchev–Trinajstić information content (AvgIpc) is 2.50. The normalized spacial score (nSPS) is 10.9. The number of hydrogen-bond donors (Lipinski definition) is 2. The summed E-state index contributed by atoms with van der Waals surface area (Å²) >= 11 is 3.23. The summed E-state index contributed by atoms with van der Waals surface area (Å²) < 4.78 is 46.5. The highest BCUT2D eigenvalue weighted by atomic mass is 79.9. The molecule has 1 aromatic carbocycles. The van der Waals surface area contributed by atoms with Crippen LogP contribution in [0.5, 0.6) is 11.5 Å². The van der Waals surface area contributed by atoms with Crippen LogP contribution in [0.3, 0.4) is 0 Å². The van der Waals surface area contributed by atoms with Gasteiger partial charge in [0.25, 0.3) is 5.91 Å². The molecule has 10 heteroatoms. The van der Waals surface area contributed by atoms with E-state index in [0.29, 0.717) is 16.0 Å².